The van der Waals surface area contributed by atoms with Crippen molar-refractivity contribution in [3.05, 3.63) is 48.2 Å². The van der Waals surface area contributed by atoms with Gasteiger partial charge in [0.1, 0.15) is 0 Å². The number of urea groups is 1. The van der Waals surface area contributed by atoms with Crippen LogP contribution < -0.4 is 10.1 Å². The Kier molecular flexibility index (Phi) is 4.50. The molecule has 6 heteroatoms. The number of ether oxygens (including phenoxy) is 1. The van der Waals surface area contributed by atoms with E-state index < -0.39 is 0 Å². The summed E-state index contributed by atoms with van der Waals surface area (Å²) in [6, 6.07) is 13.4. The van der Waals surface area contributed by atoms with Crippen molar-refractivity contribution in [3.8, 4) is 5.88 Å². The minimum Gasteiger partial charge on any atom is -0.476 e. The number of hydrogen-bond acceptors (Lipinski definition) is 4. The zero-order valence-corrected chi connectivity index (χ0v) is 14.1. The molecule has 2 aliphatic rings. The number of carbonyl (C=O) groups excluding carboxylic acids is 1. The lowest BCUT2D eigenvalue weighted by Crippen LogP contribution is -2.33. The van der Waals surface area contributed by atoms with Crippen LogP contribution in [0.5, 0.6) is 5.88 Å². The lowest BCUT2D eigenvalue weighted by atomic mass is 10.1. The highest BCUT2D eigenvalue weighted by Gasteiger charge is 2.27. The van der Waals surface area contributed by atoms with Crippen LogP contribution in [0.3, 0.4) is 0 Å². The van der Waals surface area contributed by atoms with E-state index in [2.05, 4.69) is 15.5 Å². The quantitative estimate of drug-likeness (QED) is 0.908. The molecule has 6 nitrogen and oxygen atoms in total. The molecule has 2 amide bonds. The molecule has 0 radical (unpaired) electrons. The summed E-state index contributed by atoms with van der Waals surface area (Å²) in [7, 11) is 0. The number of anilines is 1. The average molecular weight is 338 g/mol. The van der Waals surface area contributed by atoms with Crippen molar-refractivity contribution >= 4 is 11.7 Å². The number of para-hydroxylation sites is 1. The van der Waals surface area contributed by atoms with Crippen LogP contribution in [0.25, 0.3) is 0 Å². The van der Waals surface area contributed by atoms with Gasteiger partial charge in [0.2, 0.25) is 5.88 Å². The van der Waals surface area contributed by atoms with Crippen molar-refractivity contribution in [1.82, 2.24) is 15.1 Å². The molecular formula is C19H22N4O2. The normalized spacial score (nSPS) is 19.7. The van der Waals surface area contributed by atoms with E-state index in [-0.39, 0.29) is 6.03 Å². The molecule has 0 spiro atoms. The number of amides is 2. The molecule has 2 aromatic rings. The van der Waals surface area contributed by atoms with Gasteiger partial charge in [0.25, 0.3) is 0 Å². The highest BCUT2D eigenvalue weighted by atomic mass is 16.5. The zero-order chi connectivity index (χ0) is 17.1. The summed E-state index contributed by atoms with van der Waals surface area (Å²) in [5.41, 5.74) is 1.88. The highest BCUT2D eigenvalue weighted by Crippen LogP contribution is 2.38. The van der Waals surface area contributed by atoms with Gasteiger partial charge in [0.15, 0.2) is 0 Å². The summed E-state index contributed by atoms with van der Waals surface area (Å²) in [6.07, 6.45) is 3.38. The summed E-state index contributed by atoms with van der Waals surface area (Å²) in [4.78, 5) is 14.1. The summed E-state index contributed by atoms with van der Waals surface area (Å²) in [5, 5.41) is 11.3. The minimum atomic E-state index is -0.0534. The van der Waals surface area contributed by atoms with Crippen molar-refractivity contribution in [1.29, 1.82) is 0 Å². The fourth-order valence-electron chi connectivity index (χ4n) is 3.08. The largest absolute Gasteiger partial charge is 0.476 e. The number of nitrogens with one attached hydrogen (secondary N) is 1. The molecule has 25 heavy (non-hydrogen) atoms. The Balaban J connectivity index is 1.24. The van der Waals surface area contributed by atoms with E-state index in [0.717, 1.165) is 24.3 Å². The second-order valence-electron chi connectivity index (χ2n) is 6.78. The van der Waals surface area contributed by atoms with Crippen LogP contribution in [0.15, 0.2) is 42.5 Å². The summed E-state index contributed by atoms with van der Waals surface area (Å²) >= 11 is 0. The first-order valence-electron chi connectivity index (χ1n) is 8.85. The molecule has 1 aromatic carbocycles. The minimum absolute atomic E-state index is 0.0534. The molecule has 1 unspecified atom stereocenters. The van der Waals surface area contributed by atoms with Gasteiger partial charge >= 0.3 is 6.03 Å². The Morgan fingerprint density at radius 2 is 1.96 bits per heavy atom. The molecule has 1 aliphatic carbocycles. The molecule has 130 valence electrons. The van der Waals surface area contributed by atoms with Crippen LogP contribution in [0.4, 0.5) is 10.5 Å². The van der Waals surface area contributed by atoms with Gasteiger partial charge in [0.05, 0.1) is 12.3 Å². The standard InChI is InChI=1S/C19H22N4O2/c24-19(20-16-4-2-1-3-5-16)23-11-10-14(12-23)13-25-18-9-8-17(21-22-18)15-6-7-15/h1-5,8-9,14-15H,6-7,10-13H2,(H,20,24). The average Bonchev–Trinajstić information content (AvgIpc) is 3.39. The van der Waals surface area contributed by atoms with E-state index in [9.17, 15) is 4.79 Å². The first kappa shape index (κ1) is 15.9. The molecule has 1 saturated heterocycles. The number of carbonyl (C=O) groups is 1. The molecular weight excluding hydrogens is 316 g/mol. The van der Waals surface area contributed by atoms with Gasteiger partial charge in [-0.15, -0.1) is 5.10 Å². The summed E-state index contributed by atoms with van der Waals surface area (Å²) < 4.78 is 5.76. The maximum absolute atomic E-state index is 12.3. The van der Waals surface area contributed by atoms with Gasteiger partial charge in [-0.3, -0.25) is 0 Å². The van der Waals surface area contributed by atoms with Crippen molar-refractivity contribution in [3.63, 3.8) is 0 Å². The zero-order valence-electron chi connectivity index (χ0n) is 14.1. The van der Waals surface area contributed by atoms with Crippen LogP contribution in [0, 0.1) is 5.92 Å². The monoisotopic (exact) mass is 338 g/mol. The topological polar surface area (TPSA) is 67.4 Å². The van der Waals surface area contributed by atoms with Crippen molar-refractivity contribution in [2.45, 2.75) is 25.2 Å². The van der Waals surface area contributed by atoms with Crippen molar-refractivity contribution in [2.75, 3.05) is 25.0 Å². The molecule has 1 saturated carbocycles. The first-order chi connectivity index (χ1) is 12.3. The van der Waals surface area contributed by atoms with Crippen LogP contribution in [-0.2, 0) is 0 Å². The van der Waals surface area contributed by atoms with Crippen LogP contribution >= 0.6 is 0 Å². The molecule has 4 rings (SSSR count). The highest BCUT2D eigenvalue weighted by molar-refractivity contribution is 5.89. The van der Waals surface area contributed by atoms with E-state index in [1.165, 1.54) is 12.8 Å². The Labute approximate surface area is 147 Å². The van der Waals surface area contributed by atoms with Crippen molar-refractivity contribution in [2.24, 2.45) is 5.92 Å². The van der Waals surface area contributed by atoms with E-state index >= 15 is 0 Å². The van der Waals surface area contributed by atoms with Gasteiger partial charge in [-0.25, -0.2) is 4.79 Å². The van der Waals surface area contributed by atoms with E-state index in [0.29, 0.717) is 30.9 Å². The number of aromatic nitrogens is 2. The number of rotatable bonds is 5. The lowest BCUT2D eigenvalue weighted by Gasteiger charge is -2.17. The van der Waals surface area contributed by atoms with E-state index in [1.54, 1.807) is 0 Å². The van der Waals surface area contributed by atoms with Crippen LogP contribution in [-0.4, -0.2) is 40.8 Å². The van der Waals surface area contributed by atoms with Crippen molar-refractivity contribution < 1.29 is 9.53 Å². The Morgan fingerprint density at radius 1 is 1.12 bits per heavy atom. The Bertz CT molecular complexity index is 716. The van der Waals surface area contributed by atoms with Gasteiger partial charge in [-0.2, -0.15) is 5.10 Å². The van der Waals surface area contributed by atoms with Gasteiger partial charge in [-0.1, -0.05) is 18.2 Å². The summed E-state index contributed by atoms with van der Waals surface area (Å²) in [5.74, 6) is 1.50. The van der Waals surface area contributed by atoms with Crippen LogP contribution in [0.1, 0.15) is 30.9 Å². The second-order valence-corrected chi connectivity index (χ2v) is 6.78. The van der Waals surface area contributed by atoms with Gasteiger partial charge in [0, 0.05) is 36.7 Å². The van der Waals surface area contributed by atoms with E-state index in [4.69, 9.17) is 4.74 Å². The molecule has 1 atom stereocenters. The molecule has 1 N–H and O–H groups in total. The third-order valence-corrected chi connectivity index (χ3v) is 4.72. The number of benzene rings is 1. The molecule has 2 heterocycles. The molecule has 1 aliphatic heterocycles. The third kappa shape index (κ3) is 4.07. The third-order valence-electron chi connectivity index (χ3n) is 4.72. The smallest absolute Gasteiger partial charge is 0.321 e. The van der Waals surface area contributed by atoms with Gasteiger partial charge in [-0.05, 0) is 37.5 Å². The molecule has 2 fully saturated rings. The maximum Gasteiger partial charge on any atom is 0.321 e. The second kappa shape index (κ2) is 7.09. The SMILES string of the molecule is O=C(Nc1ccccc1)N1CCC(COc2ccc(C3CC3)nn2)C1. The molecule has 0 bridgehead atoms. The predicted octanol–water partition coefficient (Wildman–Crippen LogP) is 3.29. The van der Waals surface area contributed by atoms with Crippen LogP contribution in [0.2, 0.25) is 0 Å². The number of likely N-dealkylation sites (tertiary alicyclic amines) is 1. The van der Waals surface area contributed by atoms with E-state index in [1.807, 2.05) is 47.4 Å². The first-order valence-corrected chi connectivity index (χ1v) is 8.85. The maximum atomic E-state index is 12.3. The Hall–Kier alpha value is -2.63. The number of nitrogens with zero attached hydrogens (tertiary/aromatic N) is 3. The molecule has 1 aromatic heterocycles. The number of hydrogen-bond donors (Lipinski definition) is 1. The Morgan fingerprint density at radius 3 is 2.68 bits per heavy atom. The fourth-order valence-corrected chi connectivity index (χ4v) is 3.08. The lowest BCUT2D eigenvalue weighted by molar-refractivity contribution is 0.212. The fraction of sp³-hybridized carbons (Fsp3) is 0.421. The predicted molar refractivity (Wildman–Crippen MR) is 94.6 cm³/mol. The van der Waals surface area contributed by atoms with Gasteiger partial charge < -0.3 is 15.0 Å². The summed E-state index contributed by atoms with van der Waals surface area (Å²) in [6.45, 7) is 2.01.